The number of carbonyl (C=O) groups excluding carboxylic acids is 1. The molecular formula is C18H19F3N2O3. The van der Waals surface area contributed by atoms with Gasteiger partial charge in [0.25, 0.3) is 5.91 Å². The second-order valence-electron chi connectivity index (χ2n) is 5.34. The van der Waals surface area contributed by atoms with Crippen LogP contribution in [-0.4, -0.2) is 37.4 Å². The molecular weight excluding hydrogens is 349 g/mol. The fourth-order valence-corrected chi connectivity index (χ4v) is 2.22. The molecule has 0 aliphatic rings. The van der Waals surface area contributed by atoms with E-state index in [-0.39, 0.29) is 38.0 Å². The summed E-state index contributed by atoms with van der Waals surface area (Å²) >= 11 is 0. The van der Waals surface area contributed by atoms with E-state index in [0.29, 0.717) is 11.3 Å². The minimum atomic E-state index is -4.44. The number of amides is 1. The first-order valence-electron chi connectivity index (χ1n) is 7.92. The number of hydrogen-bond donors (Lipinski definition) is 3. The number of ether oxygens (including phenoxy) is 1. The van der Waals surface area contributed by atoms with Gasteiger partial charge in [0.1, 0.15) is 0 Å². The highest BCUT2D eigenvalue weighted by Crippen LogP contribution is 2.31. The lowest BCUT2D eigenvalue weighted by molar-refractivity contribution is -0.137. The van der Waals surface area contributed by atoms with Gasteiger partial charge in [-0.1, -0.05) is 18.2 Å². The van der Waals surface area contributed by atoms with Gasteiger partial charge < -0.3 is 20.5 Å². The zero-order chi connectivity index (χ0) is 19.0. The van der Waals surface area contributed by atoms with Crippen LogP contribution in [0.3, 0.4) is 0 Å². The maximum absolute atomic E-state index is 12.8. The molecule has 0 saturated carbocycles. The van der Waals surface area contributed by atoms with Crippen molar-refractivity contribution in [3.05, 3.63) is 59.7 Å². The van der Waals surface area contributed by atoms with E-state index >= 15 is 0 Å². The lowest BCUT2D eigenvalue weighted by Crippen LogP contribution is -2.28. The maximum Gasteiger partial charge on any atom is 0.416 e. The summed E-state index contributed by atoms with van der Waals surface area (Å²) in [6.45, 7) is 0.577. The second kappa shape index (κ2) is 9.21. The van der Waals surface area contributed by atoms with Crippen LogP contribution in [0.15, 0.2) is 48.5 Å². The molecule has 2 aromatic rings. The predicted molar refractivity (Wildman–Crippen MR) is 91.4 cm³/mol. The molecule has 140 valence electrons. The number of aliphatic hydroxyl groups excluding tert-OH is 1. The number of carbonyl (C=O) groups is 1. The molecule has 3 N–H and O–H groups in total. The fourth-order valence-electron chi connectivity index (χ4n) is 2.22. The van der Waals surface area contributed by atoms with Crippen molar-refractivity contribution in [3.8, 4) is 0 Å². The number of benzene rings is 2. The second-order valence-corrected chi connectivity index (χ2v) is 5.34. The van der Waals surface area contributed by atoms with Gasteiger partial charge in [-0.15, -0.1) is 0 Å². The van der Waals surface area contributed by atoms with Crippen LogP contribution in [0.25, 0.3) is 0 Å². The van der Waals surface area contributed by atoms with Crippen LogP contribution in [0.2, 0.25) is 0 Å². The lowest BCUT2D eigenvalue weighted by Gasteiger charge is -2.14. The van der Waals surface area contributed by atoms with Gasteiger partial charge in [-0.2, -0.15) is 13.2 Å². The highest BCUT2D eigenvalue weighted by molar-refractivity contribution is 6.00. The minimum absolute atomic E-state index is 0.0995. The molecule has 5 nitrogen and oxygen atoms in total. The van der Waals surface area contributed by atoms with Crippen LogP contribution in [0, 0.1) is 0 Å². The molecule has 2 aromatic carbocycles. The SMILES string of the molecule is O=C(NCCOCCO)c1ccccc1Nc1cccc(C(F)(F)F)c1. The molecule has 0 unspecified atom stereocenters. The summed E-state index contributed by atoms with van der Waals surface area (Å²) in [6.07, 6.45) is -4.44. The number of anilines is 2. The van der Waals surface area contributed by atoms with Crippen LogP contribution in [0.1, 0.15) is 15.9 Å². The molecule has 8 heteroatoms. The standard InChI is InChI=1S/C18H19F3N2O3/c19-18(20,21)13-4-3-5-14(12-13)23-16-7-2-1-6-15(16)17(25)22-8-10-26-11-9-24/h1-7,12,23-24H,8-11H2,(H,22,25). The molecule has 2 rings (SSSR count). The average molecular weight is 368 g/mol. The molecule has 0 saturated heterocycles. The molecule has 26 heavy (non-hydrogen) atoms. The molecule has 0 bridgehead atoms. The first-order chi connectivity index (χ1) is 12.4. The third-order valence-corrected chi connectivity index (χ3v) is 3.41. The fraction of sp³-hybridized carbons (Fsp3) is 0.278. The molecule has 1 amide bonds. The molecule has 0 spiro atoms. The number of hydrogen-bond acceptors (Lipinski definition) is 4. The number of para-hydroxylation sites is 1. The first-order valence-corrected chi connectivity index (χ1v) is 7.92. The molecule has 0 aromatic heterocycles. The zero-order valence-electron chi connectivity index (χ0n) is 13.8. The van der Waals surface area contributed by atoms with Gasteiger partial charge in [-0.05, 0) is 30.3 Å². The topological polar surface area (TPSA) is 70.6 Å². The highest BCUT2D eigenvalue weighted by atomic mass is 19.4. The maximum atomic E-state index is 12.8. The van der Waals surface area contributed by atoms with Gasteiger partial charge in [0.15, 0.2) is 0 Å². The molecule has 0 aliphatic carbocycles. The van der Waals surface area contributed by atoms with Gasteiger partial charge in [0.05, 0.1) is 36.6 Å². The van der Waals surface area contributed by atoms with Crippen LogP contribution in [-0.2, 0) is 10.9 Å². The van der Waals surface area contributed by atoms with E-state index in [1.54, 1.807) is 24.3 Å². The van der Waals surface area contributed by atoms with E-state index in [1.807, 2.05) is 0 Å². The summed E-state index contributed by atoms with van der Waals surface area (Å²) in [4.78, 5) is 12.3. The van der Waals surface area contributed by atoms with Crippen molar-refractivity contribution in [3.63, 3.8) is 0 Å². The number of halogens is 3. The van der Waals surface area contributed by atoms with Crippen LogP contribution >= 0.6 is 0 Å². The molecule has 0 fully saturated rings. The van der Waals surface area contributed by atoms with Crippen molar-refractivity contribution in [1.29, 1.82) is 0 Å². The summed E-state index contributed by atoms with van der Waals surface area (Å²) in [7, 11) is 0. The summed E-state index contributed by atoms with van der Waals surface area (Å²) in [5, 5.41) is 14.1. The summed E-state index contributed by atoms with van der Waals surface area (Å²) in [6, 6.07) is 11.3. The smallest absolute Gasteiger partial charge is 0.394 e. The van der Waals surface area contributed by atoms with Gasteiger partial charge in [0.2, 0.25) is 0 Å². The van der Waals surface area contributed by atoms with Crippen molar-refractivity contribution in [2.75, 3.05) is 31.7 Å². The van der Waals surface area contributed by atoms with Crippen molar-refractivity contribution >= 4 is 17.3 Å². The van der Waals surface area contributed by atoms with E-state index < -0.39 is 11.7 Å². The lowest BCUT2D eigenvalue weighted by atomic mass is 10.1. The Hall–Kier alpha value is -2.58. The van der Waals surface area contributed by atoms with Crippen LogP contribution in [0.4, 0.5) is 24.5 Å². The largest absolute Gasteiger partial charge is 0.416 e. The molecule has 0 heterocycles. The summed E-state index contributed by atoms with van der Waals surface area (Å²) in [5.74, 6) is -0.382. The number of aliphatic hydroxyl groups is 1. The summed E-state index contributed by atoms with van der Waals surface area (Å²) in [5.41, 5.74) is 0.143. The Morgan fingerprint density at radius 2 is 1.85 bits per heavy atom. The van der Waals surface area contributed by atoms with Crippen molar-refractivity contribution in [2.24, 2.45) is 0 Å². The minimum Gasteiger partial charge on any atom is -0.394 e. The number of nitrogens with one attached hydrogen (secondary N) is 2. The Morgan fingerprint density at radius 3 is 2.58 bits per heavy atom. The van der Waals surface area contributed by atoms with Crippen LogP contribution < -0.4 is 10.6 Å². The Morgan fingerprint density at radius 1 is 1.08 bits per heavy atom. The molecule has 0 aliphatic heterocycles. The Balaban J connectivity index is 2.08. The predicted octanol–water partition coefficient (Wildman–Crippen LogP) is 3.19. The van der Waals surface area contributed by atoms with Gasteiger partial charge in [-0.25, -0.2) is 0 Å². The van der Waals surface area contributed by atoms with E-state index in [2.05, 4.69) is 10.6 Å². The Labute approximate surface area is 148 Å². The normalized spacial score (nSPS) is 11.2. The van der Waals surface area contributed by atoms with Crippen molar-refractivity contribution in [2.45, 2.75) is 6.18 Å². The van der Waals surface area contributed by atoms with Crippen molar-refractivity contribution in [1.82, 2.24) is 5.32 Å². The number of rotatable bonds is 8. The highest BCUT2D eigenvalue weighted by Gasteiger charge is 2.30. The zero-order valence-corrected chi connectivity index (χ0v) is 13.8. The first kappa shape index (κ1) is 19.7. The average Bonchev–Trinajstić information content (AvgIpc) is 2.61. The van der Waals surface area contributed by atoms with E-state index in [9.17, 15) is 18.0 Å². The third kappa shape index (κ3) is 5.75. The van der Waals surface area contributed by atoms with E-state index in [4.69, 9.17) is 9.84 Å². The van der Waals surface area contributed by atoms with Gasteiger partial charge in [0, 0.05) is 12.2 Å². The quantitative estimate of drug-likeness (QED) is 0.626. The monoisotopic (exact) mass is 368 g/mol. The summed E-state index contributed by atoms with van der Waals surface area (Å²) < 4.78 is 43.5. The Bertz CT molecular complexity index is 736. The van der Waals surface area contributed by atoms with Gasteiger partial charge >= 0.3 is 6.18 Å². The van der Waals surface area contributed by atoms with Gasteiger partial charge in [-0.3, -0.25) is 4.79 Å². The number of alkyl halides is 3. The molecule has 0 radical (unpaired) electrons. The van der Waals surface area contributed by atoms with Crippen LogP contribution in [0.5, 0.6) is 0 Å². The van der Waals surface area contributed by atoms with E-state index in [1.165, 1.54) is 12.1 Å². The third-order valence-electron chi connectivity index (χ3n) is 3.41. The van der Waals surface area contributed by atoms with Crippen molar-refractivity contribution < 1.29 is 27.8 Å². The Kier molecular flexibility index (Phi) is 6.99. The van der Waals surface area contributed by atoms with E-state index in [0.717, 1.165) is 12.1 Å². The molecule has 0 atom stereocenters.